The van der Waals surface area contributed by atoms with Crippen molar-refractivity contribution in [2.45, 2.75) is 45.1 Å². The number of nitrogens with zero attached hydrogens (tertiary/aromatic N) is 3. The summed E-state index contributed by atoms with van der Waals surface area (Å²) in [4.78, 5) is 10.8. The smallest absolute Gasteiger partial charge is 0.223 e. The molecule has 1 aromatic heterocycles. The molecule has 1 saturated carbocycles. The van der Waals surface area contributed by atoms with E-state index >= 15 is 0 Å². The van der Waals surface area contributed by atoms with Gasteiger partial charge in [-0.15, -0.1) is 0 Å². The summed E-state index contributed by atoms with van der Waals surface area (Å²) in [5.41, 5.74) is 5.78. The SMILES string of the molecule is CCCNc1cc(N(C)C2CCCC2)nc(N)n1. The van der Waals surface area contributed by atoms with Crippen LogP contribution >= 0.6 is 0 Å². The number of hydrogen-bond acceptors (Lipinski definition) is 5. The predicted molar refractivity (Wildman–Crippen MR) is 75.9 cm³/mol. The topological polar surface area (TPSA) is 67.1 Å². The lowest BCUT2D eigenvalue weighted by atomic mass is 10.2. The normalized spacial score (nSPS) is 15.9. The molecule has 0 amide bonds. The van der Waals surface area contributed by atoms with Gasteiger partial charge in [-0.05, 0) is 19.3 Å². The van der Waals surface area contributed by atoms with Crippen molar-refractivity contribution in [1.29, 1.82) is 0 Å². The molecule has 1 heterocycles. The van der Waals surface area contributed by atoms with Crippen LogP contribution in [0.2, 0.25) is 0 Å². The first kappa shape index (κ1) is 12.9. The van der Waals surface area contributed by atoms with Crippen LogP contribution < -0.4 is 16.0 Å². The third kappa shape index (κ3) is 3.03. The Morgan fingerprint density at radius 2 is 2.11 bits per heavy atom. The van der Waals surface area contributed by atoms with Crippen molar-refractivity contribution in [3.05, 3.63) is 6.07 Å². The van der Waals surface area contributed by atoms with Gasteiger partial charge in [0.15, 0.2) is 0 Å². The molecule has 1 aromatic rings. The van der Waals surface area contributed by atoms with Crippen LogP contribution in [0.4, 0.5) is 17.6 Å². The first-order valence-electron chi connectivity index (χ1n) is 6.82. The zero-order valence-corrected chi connectivity index (χ0v) is 11.3. The van der Waals surface area contributed by atoms with Gasteiger partial charge in [0.25, 0.3) is 0 Å². The molecule has 0 saturated heterocycles. The molecule has 0 radical (unpaired) electrons. The Hall–Kier alpha value is -1.52. The van der Waals surface area contributed by atoms with Crippen molar-refractivity contribution in [3.8, 4) is 0 Å². The maximum absolute atomic E-state index is 5.78. The Morgan fingerprint density at radius 3 is 2.78 bits per heavy atom. The van der Waals surface area contributed by atoms with Gasteiger partial charge in [-0.25, -0.2) is 0 Å². The van der Waals surface area contributed by atoms with Crippen LogP contribution in [-0.2, 0) is 0 Å². The molecule has 2 rings (SSSR count). The summed E-state index contributed by atoms with van der Waals surface area (Å²) in [5, 5.41) is 3.26. The molecule has 1 aliphatic carbocycles. The lowest BCUT2D eigenvalue weighted by Crippen LogP contribution is -2.30. The summed E-state index contributed by atoms with van der Waals surface area (Å²) in [7, 11) is 2.10. The van der Waals surface area contributed by atoms with E-state index in [2.05, 4.69) is 34.2 Å². The second-order valence-corrected chi connectivity index (χ2v) is 4.95. The molecule has 18 heavy (non-hydrogen) atoms. The van der Waals surface area contributed by atoms with Gasteiger partial charge in [0.05, 0.1) is 0 Å². The molecule has 0 aliphatic heterocycles. The zero-order chi connectivity index (χ0) is 13.0. The van der Waals surface area contributed by atoms with Crippen LogP contribution in [0, 0.1) is 0 Å². The number of aromatic nitrogens is 2. The summed E-state index contributed by atoms with van der Waals surface area (Å²) in [6, 6.07) is 2.59. The predicted octanol–water partition coefficient (Wildman–Crippen LogP) is 2.26. The molecule has 5 heteroatoms. The maximum Gasteiger partial charge on any atom is 0.223 e. The fraction of sp³-hybridized carbons (Fsp3) is 0.692. The van der Waals surface area contributed by atoms with Gasteiger partial charge in [0, 0.05) is 25.7 Å². The van der Waals surface area contributed by atoms with Crippen molar-refractivity contribution < 1.29 is 0 Å². The lowest BCUT2D eigenvalue weighted by molar-refractivity contribution is 0.646. The van der Waals surface area contributed by atoms with Crippen molar-refractivity contribution in [2.24, 2.45) is 0 Å². The van der Waals surface area contributed by atoms with E-state index in [0.717, 1.165) is 24.6 Å². The van der Waals surface area contributed by atoms with E-state index in [4.69, 9.17) is 5.73 Å². The summed E-state index contributed by atoms with van der Waals surface area (Å²) >= 11 is 0. The van der Waals surface area contributed by atoms with Crippen molar-refractivity contribution >= 4 is 17.6 Å². The summed E-state index contributed by atoms with van der Waals surface area (Å²) in [5.74, 6) is 2.09. The van der Waals surface area contributed by atoms with Crippen LogP contribution in [0.25, 0.3) is 0 Å². The molecule has 1 fully saturated rings. The molecule has 5 nitrogen and oxygen atoms in total. The molecule has 1 aliphatic rings. The zero-order valence-electron chi connectivity index (χ0n) is 11.3. The summed E-state index contributed by atoms with van der Waals surface area (Å²) in [6.45, 7) is 3.03. The van der Waals surface area contributed by atoms with E-state index in [1.54, 1.807) is 0 Å². The highest BCUT2D eigenvalue weighted by Crippen LogP contribution is 2.27. The van der Waals surface area contributed by atoms with Crippen molar-refractivity contribution in [1.82, 2.24) is 9.97 Å². The third-order valence-electron chi connectivity index (χ3n) is 3.52. The van der Waals surface area contributed by atoms with Crippen LogP contribution in [0.15, 0.2) is 6.07 Å². The second-order valence-electron chi connectivity index (χ2n) is 4.95. The van der Waals surface area contributed by atoms with Crippen LogP contribution in [-0.4, -0.2) is 29.6 Å². The van der Waals surface area contributed by atoms with Gasteiger partial charge in [-0.1, -0.05) is 19.8 Å². The largest absolute Gasteiger partial charge is 0.370 e. The molecule has 0 bridgehead atoms. The molecule has 0 spiro atoms. The molecular formula is C13H23N5. The van der Waals surface area contributed by atoms with Crippen LogP contribution in [0.5, 0.6) is 0 Å². The fourth-order valence-corrected chi connectivity index (χ4v) is 2.46. The molecule has 3 N–H and O–H groups in total. The highest BCUT2D eigenvalue weighted by Gasteiger charge is 2.21. The quantitative estimate of drug-likeness (QED) is 0.838. The first-order chi connectivity index (χ1) is 8.70. The van der Waals surface area contributed by atoms with Gasteiger partial charge in [-0.2, -0.15) is 9.97 Å². The van der Waals surface area contributed by atoms with E-state index in [1.165, 1.54) is 25.7 Å². The first-order valence-corrected chi connectivity index (χ1v) is 6.82. The molecule has 100 valence electrons. The minimum atomic E-state index is 0.343. The van der Waals surface area contributed by atoms with E-state index in [1.807, 2.05) is 6.07 Å². The van der Waals surface area contributed by atoms with Gasteiger partial charge in [0.1, 0.15) is 11.6 Å². The summed E-state index contributed by atoms with van der Waals surface area (Å²) in [6.07, 6.45) is 6.20. The highest BCUT2D eigenvalue weighted by atomic mass is 15.2. The molecule has 0 aromatic carbocycles. The number of nitrogens with two attached hydrogens (primary N) is 1. The minimum absolute atomic E-state index is 0.343. The summed E-state index contributed by atoms with van der Waals surface area (Å²) < 4.78 is 0. The van der Waals surface area contributed by atoms with E-state index in [-0.39, 0.29) is 0 Å². The Morgan fingerprint density at radius 1 is 1.39 bits per heavy atom. The maximum atomic E-state index is 5.78. The number of rotatable bonds is 5. The van der Waals surface area contributed by atoms with Crippen LogP contribution in [0.1, 0.15) is 39.0 Å². The van der Waals surface area contributed by atoms with Gasteiger partial charge < -0.3 is 16.0 Å². The fourth-order valence-electron chi connectivity index (χ4n) is 2.46. The minimum Gasteiger partial charge on any atom is -0.370 e. The third-order valence-corrected chi connectivity index (χ3v) is 3.52. The Balaban J connectivity index is 2.13. The van der Waals surface area contributed by atoms with E-state index in [9.17, 15) is 0 Å². The lowest BCUT2D eigenvalue weighted by Gasteiger charge is -2.25. The number of nitrogens with one attached hydrogen (secondary N) is 1. The van der Waals surface area contributed by atoms with E-state index in [0.29, 0.717) is 12.0 Å². The molecule has 0 atom stereocenters. The van der Waals surface area contributed by atoms with Crippen LogP contribution in [0.3, 0.4) is 0 Å². The Bertz CT molecular complexity index is 387. The average Bonchev–Trinajstić information content (AvgIpc) is 2.88. The Labute approximate surface area is 109 Å². The highest BCUT2D eigenvalue weighted by molar-refractivity contribution is 5.52. The van der Waals surface area contributed by atoms with E-state index < -0.39 is 0 Å². The standard InChI is InChI=1S/C13H23N5/c1-3-8-15-11-9-12(17-13(14)16-11)18(2)10-6-4-5-7-10/h9-10H,3-8H2,1-2H3,(H3,14,15,16,17). The number of nitrogen functional groups attached to an aromatic ring is 1. The van der Waals surface area contributed by atoms with Crippen molar-refractivity contribution in [3.63, 3.8) is 0 Å². The average molecular weight is 249 g/mol. The monoisotopic (exact) mass is 249 g/mol. The second kappa shape index (κ2) is 5.89. The molecule has 0 unspecified atom stereocenters. The van der Waals surface area contributed by atoms with Gasteiger partial charge in [-0.3, -0.25) is 0 Å². The number of anilines is 3. The number of hydrogen-bond donors (Lipinski definition) is 2. The van der Waals surface area contributed by atoms with Gasteiger partial charge >= 0.3 is 0 Å². The Kier molecular flexibility index (Phi) is 4.23. The molecular weight excluding hydrogens is 226 g/mol. The van der Waals surface area contributed by atoms with Gasteiger partial charge in [0.2, 0.25) is 5.95 Å². The van der Waals surface area contributed by atoms with Crippen molar-refractivity contribution in [2.75, 3.05) is 29.5 Å².